The van der Waals surface area contributed by atoms with Crippen LogP contribution in [-0.4, -0.2) is 56.5 Å². The molecule has 2 aromatic rings. The molecular formula is C23H29Cl2N5. The van der Waals surface area contributed by atoms with Crippen LogP contribution in [0.5, 0.6) is 0 Å². The molecule has 2 aliphatic rings. The molecule has 7 heteroatoms. The van der Waals surface area contributed by atoms with Crippen molar-refractivity contribution in [2.75, 3.05) is 50.5 Å². The molecule has 0 atom stereocenters. The van der Waals surface area contributed by atoms with Gasteiger partial charge in [0.1, 0.15) is 5.84 Å². The first-order chi connectivity index (χ1) is 14.5. The minimum Gasteiger partial charge on any atom is -0.371 e. The van der Waals surface area contributed by atoms with Crippen LogP contribution in [0, 0.1) is 0 Å². The molecule has 4 rings (SSSR count). The number of fused-ring (bicyclic) bond motifs is 1. The van der Waals surface area contributed by atoms with Crippen molar-refractivity contribution >= 4 is 40.4 Å². The topological polar surface area (TPSA) is 42.9 Å². The lowest BCUT2D eigenvalue weighted by molar-refractivity contribution is 0.401. The van der Waals surface area contributed by atoms with Gasteiger partial charge in [0.2, 0.25) is 0 Å². The molecule has 1 spiro atoms. The molecule has 0 amide bonds. The fourth-order valence-corrected chi connectivity index (χ4v) is 4.58. The lowest BCUT2D eigenvalue weighted by Crippen LogP contribution is -2.62. The average Bonchev–Trinajstić information content (AvgIpc) is 2.74. The Bertz CT molecular complexity index is 907. The number of hydrogen-bond donors (Lipinski definition) is 2. The van der Waals surface area contributed by atoms with Gasteiger partial charge in [0, 0.05) is 13.1 Å². The highest BCUT2D eigenvalue weighted by atomic mass is 35.5. The van der Waals surface area contributed by atoms with E-state index >= 15 is 0 Å². The predicted molar refractivity (Wildman–Crippen MR) is 128 cm³/mol. The molecule has 30 heavy (non-hydrogen) atoms. The molecule has 5 nitrogen and oxygen atoms in total. The first kappa shape index (κ1) is 21.4. The van der Waals surface area contributed by atoms with Gasteiger partial charge in [-0.1, -0.05) is 53.5 Å². The molecule has 1 saturated heterocycles. The third-order valence-electron chi connectivity index (χ3n) is 5.87. The zero-order valence-electron chi connectivity index (χ0n) is 17.6. The van der Waals surface area contributed by atoms with Crippen LogP contribution in [0.15, 0.2) is 47.5 Å². The summed E-state index contributed by atoms with van der Waals surface area (Å²) in [5, 5.41) is 8.45. The van der Waals surface area contributed by atoms with Crippen molar-refractivity contribution in [1.29, 1.82) is 0 Å². The molecule has 0 radical (unpaired) electrons. The zero-order valence-corrected chi connectivity index (χ0v) is 19.1. The fourth-order valence-electron chi connectivity index (χ4n) is 4.26. The number of hydrogen-bond acceptors (Lipinski definition) is 4. The van der Waals surface area contributed by atoms with E-state index < -0.39 is 0 Å². The number of nitrogens with one attached hydrogen (secondary N) is 2. The Morgan fingerprint density at radius 2 is 1.77 bits per heavy atom. The fraction of sp³-hybridized carbons (Fsp3) is 0.435. The minimum atomic E-state index is -0.212. The number of benzene rings is 2. The number of piperidine rings is 1. The lowest BCUT2D eigenvalue weighted by Gasteiger charge is -2.49. The third-order valence-corrected chi connectivity index (χ3v) is 6.59. The largest absolute Gasteiger partial charge is 0.371 e. The van der Waals surface area contributed by atoms with Gasteiger partial charge < -0.3 is 20.4 Å². The number of anilines is 2. The van der Waals surface area contributed by atoms with Crippen molar-refractivity contribution in [1.82, 2.24) is 10.2 Å². The molecule has 2 aliphatic heterocycles. The summed E-state index contributed by atoms with van der Waals surface area (Å²) in [6, 6.07) is 14.4. The number of aliphatic imine (C=N–C) groups is 1. The summed E-state index contributed by atoms with van der Waals surface area (Å²) in [6.45, 7) is 4.31. The number of likely N-dealkylation sites (N-methyl/N-ethyl adjacent to an activating group) is 1. The molecule has 2 N–H and O–H groups in total. The second kappa shape index (κ2) is 9.15. The predicted octanol–water partition coefficient (Wildman–Crippen LogP) is 4.51. The average molecular weight is 446 g/mol. The molecule has 1 fully saturated rings. The van der Waals surface area contributed by atoms with Gasteiger partial charge in [-0.2, -0.15) is 0 Å². The highest BCUT2D eigenvalue weighted by Gasteiger charge is 2.44. The maximum atomic E-state index is 6.42. The van der Waals surface area contributed by atoms with Gasteiger partial charge in [-0.15, -0.1) is 0 Å². The third kappa shape index (κ3) is 4.45. The summed E-state index contributed by atoms with van der Waals surface area (Å²) < 4.78 is 0. The summed E-state index contributed by atoms with van der Waals surface area (Å²) >= 11 is 12.8. The molecule has 0 aliphatic carbocycles. The quantitative estimate of drug-likeness (QED) is 0.710. The maximum Gasteiger partial charge on any atom is 0.130 e. The van der Waals surface area contributed by atoms with Crippen molar-refractivity contribution in [3.05, 3.63) is 58.1 Å². The van der Waals surface area contributed by atoms with Gasteiger partial charge in [-0.3, -0.25) is 4.99 Å². The molecular weight excluding hydrogens is 417 g/mol. The summed E-state index contributed by atoms with van der Waals surface area (Å²) in [7, 11) is 4.19. The first-order valence-electron chi connectivity index (χ1n) is 10.5. The van der Waals surface area contributed by atoms with Crippen LogP contribution in [0.2, 0.25) is 10.0 Å². The van der Waals surface area contributed by atoms with Crippen LogP contribution >= 0.6 is 23.2 Å². The van der Waals surface area contributed by atoms with E-state index in [1.165, 1.54) is 5.56 Å². The Kier molecular flexibility index (Phi) is 6.54. The van der Waals surface area contributed by atoms with E-state index in [0.717, 1.165) is 56.2 Å². The first-order valence-corrected chi connectivity index (χ1v) is 11.2. The SMILES string of the molecule is CN(C)CCN1C(=NCc2ccccc2)C2(CCNCC2)Nc2cc(Cl)c(Cl)cc21. The number of nitrogens with zero attached hydrogens (tertiary/aromatic N) is 3. The second-order valence-corrected chi connectivity index (χ2v) is 9.14. The van der Waals surface area contributed by atoms with E-state index in [1.54, 1.807) is 0 Å². The van der Waals surface area contributed by atoms with Gasteiger partial charge in [0.15, 0.2) is 0 Å². The lowest BCUT2D eigenvalue weighted by atomic mass is 9.83. The number of halogens is 2. The van der Waals surface area contributed by atoms with Crippen molar-refractivity contribution in [2.24, 2.45) is 4.99 Å². The highest BCUT2D eigenvalue weighted by molar-refractivity contribution is 6.42. The molecule has 2 heterocycles. The Labute approximate surface area is 189 Å². The Balaban J connectivity index is 1.80. The number of amidine groups is 1. The van der Waals surface area contributed by atoms with Gasteiger partial charge in [-0.05, 0) is 57.7 Å². The molecule has 2 aromatic carbocycles. The Morgan fingerprint density at radius 3 is 2.47 bits per heavy atom. The molecule has 160 valence electrons. The summed E-state index contributed by atoms with van der Waals surface area (Å²) in [6.07, 6.45) is 1.94. The summed E-state index contributed by atoms with van der Waals surface area (Å²) in [5.41, 5.74) is 3.07. The second-order valence-electron chi connectivity index (χ2n) is 8.32. The van der Waals surface area contributed by atoms with E-state index in [2.05, 4.69) is 58.8 Å². The Morgan fingerprint density at radius 1 is 1.07 bits per heavy atom. The zero-order chi connectivity index (χ0) is 21.1. The summed E-state index contributed by atoms with van der Waals surface area (Å²) in [5.74, 6) is 1.10. The van der Waals surface area contributed by atoms with Crippen molar-refractivity contribution < 1.29 is 0 Å². The van der Waals surface area contributed by atoms with Crippen LogP contribution in [0.25, 0.3) is 0 Å². The van der Waals surface area contributed by atoms with E-state index in [9.17, 15) is 0 Å². The normalized spacial score (nSPS) is 19.2. The maximum absolute atomic E-state index is 6.42. The molecule has 0 aromatic heterocycles. The standard InChI is InChI=1S/C23H29Cl2N5/c1-29(2)12-13-30-21-15-19(25)18(24)14-20(21)28-23(8-10-26-11-9-23)22(30)27-16-17-6-4-3-5-7-17/h3-7,14-15,26,28H,8-13,16H2,1-2H3. The van der Waals surface area contributed by atoms with E-state index in [4.69, 9.17) is 28.2 Å². The van der Waals surface area contributed by atoms with E-state index in [0.29, 0.717) is 16.6 Å². The van der Waals surface area contributed by atoms with Gasteiger partial charge in [0.25, 0.3) is 0 Å². The van der Waals surface area contributed by atoms with Crippen molar-refractivity contribution in [3.63, 3.8) is 0 Å². The summed E-state index contributed by atoms with van der Waals surface area (Å²) in [4.78, 5) is 9.75. The van der Waals surface area contributed by atoms with Crippen LogP contribution in [-0.2, 0) is 6.54 Å². The van der Waals surface area contributed by atoms with Crippen molar-refractivity contribution in [2.45, 2.75) is 24.9 Å². The van der Waals surface area contributed by atoms with Crippen LogP contribution in [0.1, 0.15) is 18.4 Å². The van der Waals surface area contributed by atoms with Crippen LogP contribution in [0.4, 0.5) is 11.4 Å². The molecule has 0 bridgehead atoms. The highest BCUT2D eigenvalue weighted by Crippen LogP contribution is 2.43. The van der Waals surface area contributed by atoms with Gasteiger partial charge in [0.05, 0.1) is 33.5 Å². The molecule has 0 saturated carbocycles. The smallest absolute Gasteiger partial charge is 0.130 e. The molecule has 0 unspecified atom stereocenters. The Hall–Kier alpha value is -1.79. The monoisotopic (exact) mass is 445 g/mol. The minimum absolute atomic E-state index is 0.212. The van der Waals surface area contributed by atoms with Gasteiger partial charge >= 0.3 is 0 Å². The van der Waals surface area contributed by atoms with E-state index in [1.807, 2.05) is 18.2 Å². The van der Waals surface area contributed by atoms with E-state index in [-0.39, 0.29) is 5.54 Å². The van der Waals surface area contributed by atoms with Crippen LogP contribution in [0.3, 0.4) is 0 Å². The van der Waals surface area contributed by atoms with Crippen molar-refractivity contribution in [3.8, 4) is 0 Å². The van der Waals surface area contributed by atoms with Crippen LogP contribution < -0.4 is 15.5 Å². The number of rotatable bonds is 5. The van der Waals surface area contributed by atoms with Gasteiger partial charge in [-0.25, -0.2) is 0 Å².